The summed E-state index contributed by atoms with van der Waals surface area (Å²) >= 11 is 0. The number of aromatic nitrogens is 1. The Balaban J connectivity index is 1.52. The SMILES string of the molecule is O=C(NCc1ccc(OCc2ccccc2F)cc1)c1cccnc1. The molecule has 3 aromatic rings. The molecule has 4 nitrogen and oxygen atoms in total. The summed E-state index contributed by atoms with van der Waals surface area (Å²) < 4.78 is 19.1. The molecule has 3 rings (SSSR count). The molecule has 0 aliphatic heterocycles. The zero-order valence-corrected chi connectivity index (χ0v) is 13.5. The van der Waals surface area contributed by atoms with Crippen molar-refractivity contribution in [2.45, 2.75) is 13.2 Å². The van der Waals surface area contributed by atoms with E-state index in [2.05, 4.69) is 10.3 Å². The molecule has 25 heavy (non-hydrogen) atoms. The number of carbonyl (C=O) groups is 1. The van der Waals surface area contributed by atoms with Crippen molar-refractivity contribution in [1.29, 1.82) is 0 Å². The van der Waals surface area contributed by atoms with Crippen LogP contribution in [0.15, 0.2) is 73.1 Å². The highest BCUT2D eigenvalue weighted by atomic mass is 19.1. The number of nitrogens with one attached hydrogen (secondary N) is 1. The zero-order valence-electron chi connectivity index (χ0n) is 13.5. The van der Waals surface area contributed by atoms with Crippen LogP contribution in [0.5, 0.6) is 5.75 Å². The fraction of sp³-hybridized carbons (Fsp3) is 0.100. The van der Waals surface area contributed by atoms with Crippen molar-refractivity contribution < 1.29 is 13.9 Å². The van der Waals surface area contributed by atoms with E-state index in [9.17, 15) is 9.18 Å². The van der Waals surface area contributed by atoms with Gasteiger partial charge in [0, 0.05) is 24.5 Å². The number of pyridine rings is 1. The van der Waals surface area contributed by atoms with Gasteiger partial charge in [-0.2, -0.15) is 0 Å². The highest BCUT2D eigenvalue weighted by Gasteiger charge is 2.05. The molecule has 0 fully saturated rings. The molecule has 0 radical (unpaired) electrons. The second-order valence-electron chi connectivity index (χ2n) is 5.45. The Morgan fingerprint density at radius 1 is 1.04 bits per heavy atom. The van der Waals surface area contributed by atoms with Gasteiger partial charge in [-0.15, -0.1) is 0 Å². The van der Waals surface area contributed by atoms with Crippen LogP contribution in [-0.2, 0) is 13.2 Å². The average Bonchev–Trinajstić information content (AvgIpc) is 2.67. The van der Waals surface area contributed by atoms with Crippen LogP contribution in [0.4, 0.5) is 4.39 Å². The Morgan fingerprint density at radius 2 is 1.84 bits per heavy atom. The Kier molecular flexibility index (Phi) is 5.36. The Morgan fingerprint density at radius 3 is 2.56 bits per heavy atom. The van der Waals surface area contributed by atoms with E-state index >= 15 is 0 Å². The molecule has 0 saturated carbocycles. The second kappa shape index (κ2) is 8.06. The first-order valence-electron chi connectivity index (χ1n) is 7.86. The quantitative estimate of drug-likeness (QED) is 0.746. The largest absolute Gasteiger partial charge is 0.489 e. The summed E-state index contributed by atoms with van der Waals surface area (Å²) in [5, 5.41) is 2.83. The van der Waals surface area contributed by atoms with E-state index in [1.807, 2.05) is 12.1 Å². The first-order chi connectivity index (χ1) is 12.2. The van der Waals surface area contributed by atoms with Gasteiger partial charge in [0.2, 0.25) is 0 Å². The van der Waals surface area contributed by atoms with Gasteiger partial charge >= 0.3 is 0 Å². The summed E-state index contributed by atoms with van der Waals surface area (Å²) in [7, 11) is 0. The van der Waals surface area contributed by atoms with Gasteiger partial charge in [0.1, 0.15) is 18.2 Å². The fourth-order valence-electron chi connectivity index (χ4n) is 2.26. The van der Waals surface area contributed by atoms with Crippen molar-refractivity contribution in [3.63, 3.8) is 0 Å². The van der Waals surface area contributed by atoms with Gasteiger partial charge in [-0.3, -0.25) is 9.78 Å². The molecule has 1 N–H and O–H groups in total. The number of rotatable bonds is 6. The molecular weight excluding hydrogens is 319 g/mol. The van der Waals surface area contributed by atoms with Gasteiger partial charge in [-0.1, -0.05) is 30.3 Å². The van der Waals surface area contributed by atoms with Crippen molar-refractivity contribution >= 4 is 5.91 Å². The van der Waals surface area contributed by atoms with Crippen molar-refractivity contribution in [1.82, 2.24) is 10.3 Å². The molecule has 0 spiro atoms. The van der Waals surface area contributed by atoms with Crippen LogP contribution in [-0.4, -0.2) is 10.9 Å². The number of ether oxygens (including phenoxy) is 1. The molecule has 0 aliphatic carbocycles. The first kappa shape index (κ1) is 16.6. The molecule has 0 saturated heterocycles. The van der Waals surface area contributed by atoms with Crippen LogP contribution >= 0.6 is 0 Å². The number of halogens is 1. The van der Waals surface area contributed by atoms with Gasteiger partial charge in [-0.25, -0.2) is 4.39 Å². The van der Waals surface area contributed by atoms with Crippen LogP contribution in [0.3, 0.4) is 0 Å². The number of hydrogen-bond donors (Lipinski definition) is 1. The maximum Gasteiger partial charge on any atom is 0.253 e. The number of hydrogen-bond acceptors (Lipinski definition) is 3. The van der Waals surface area contributed by atoms with E-state index in [1.165, 1.54) is 12.3 Å². The van der Waals surface area contributed by atoms with Crippen molar-refractivity contribution in [3.05, 3.63) is 95.6 Å². The van der Waals surface area contributed by atoms with Gasteiger partial charge in [0.15, 0.2) is 0 Å². The van der Waals surface area contributed by atoms with E-state index < -0.39 is 0 Å². The third-order valence-corrected chi connectivity index (χ3v) is 3.65. The predicted octanol–water partition coefficient (Wildman–Crippen LogP) is 3.73. The molecule has 0 aliphatic rings. The average molecular weight is 336 g/mol. The standard InChI is InChI=1S/C20H17FN2O2/c21-19-6-2-1-4-17(19)14-25-18-9-7-15(8-10-18)12-23-20(24)16-5-3-11-22-13-16/h1-11,13H,12,14H2,(H,23,24). The monoisotopic (exact) mass is 336 g/mol. The predicted molar refractivity (Wildman–Crippen MR) is 92.6 cm³/mol. The van der Waals surface area contributed by atoms with Crippen LogP contribution < -0.4 is 10.1 Å². The van der Waals surface area contributed by atoms with Crippen molar-refractivity contribution in [3.8, 4) is 5.75 Å². The van der Waals surface area contributed by atoms with E-state index in [1.54, 1.807) is 48.7 Å². The Labute approximate surface area is 145 Å². The minimum Gasteiger partial charge on any atom is -0.489 e. The number of carbonyl (C=O) groups excluding carboxylic acids is 1. The van der Waals surface area contributed by atoms with Gasteiger partial charge in [-0.05, 0) is 35.9 Å². The second-order valence-corrected chi connectivity index (χ2v) is 5.45. The third kappa shape index (κ3) is 4.64. The summed E-state index contributed by atoms with van der Waals surface area (Å²) in [6.45, 7) is 0.574. The Bertz CT molecular complexity index is 836. The smallest absolute Gasteiger partial charge is 0.253 e. The minimum atomic E-state index is -0.280. The zero-order chi connectivity index (χ0) is 17.5. The topological polar surface area (TPSA) is 51.2 Å². The van der Waals surface area contributed by atoms with E-state index in [0.29, 0.717) is 23.4 Å². The lowest BCUT2D eigenvalue weighted by Crippen LogP contribution is -2.22. The number of benzene rings is 2. The van der Waals surface area contributed by atoms with Crippen molar-refractivity contribution in [2.75, 3.05) is 0 Å². The van der Waals surface area contributed by atoms with Crippen molar-refractivity contribution in [2.24, 2.45) is 0 Å². The van der Waals surface area contributed by atoms with E-state index in [-0.39, 0.29) is 18.3 Å². The van der Waals surface area contributed by atoms with E-state index in [0.717, 1.165) is 5.56 Å². The first-order valence-corrected chi connectivity index (χ1v) is 7.86. The maximum atomic E-state index is 13.5. The third-order valence-electron chi connectivity index (χ3n) is 3.65. The highest BCUT2D eigenvalue weighted by molar-refractivity contribution is 5.93. The Hall–Kier alpha value is -3.21. The molecule has 0 atom stereocenters. The minimum absolute atomic E-state index is 0.170. The lowest BCUT2D eigenvalue weighted by molar-refractivity contribution is 0.0950. The van der Waals surface area contributed by atoms with Gasteiger partial charge in [0.25, 0.3) is 5.91 Å². The molecule has 2 aromatic carbocycles. The summed E-state index contributed by atoms with van der Waals surface area (Å²) in [6.07, 6.45) is 3.14. The van der Waals surface area contributed by atoms with Gasteiger partial charge < -0.3 is 10.1 Å². The molecule has 1 heterocycles. The molecule has 0 bridgehead atoms. The van der Waals surface area contributed by atoms with Crippen LogP contribution in [0.2, 0.25) is 0 Å². The molecule has 126 valence electrons. The van der Waals surface area contributed by atoms with E-state index in [4.69, 9.17) is 4.74 Å². The van der Waals surface area contributed by atoms with Gasteiger partial charge in [0.05, 0.1) is 5.56 Å². The van der Waals surface area contributed by atoms with Crippen LogP contribution in [0.25, 0.3) is 0 Å². The molecule has 5 heteroatoms. The summed E-state index contributed by atoms with van der Waals surface area (Å²) in [5.74, 6) is 0.191. The number of amides is 1. The fourth-order valence-corrected chi connectivity index (χ4v) is 2.26. The lowest BCUT2D eigenvalue weighted by Gasteiger charge is -2.09. The molecule has 0 unspecified atom stereocenters. The molecule has 1 aromatic heterocycles. The normalized spacial score (nSPS) is 10.3. The summed E-state index contributed by atoms with van der Waals surface area (Å²) in [4.78, 5) is 15.9. The highest BCUT2D eigenvalue weighted by Crippen LogP contribution is 2.15. The van der Waals surface area contributed by atoms with Crippen LogP contribution in [0, 0.1) is 5.82 Å². The number of nitrogens with zero attached hydrogens (tertiary/aromatic N) is 1. The van der Waals surface area contributed by atoms with Crippen LogP contribution in [0.1, 0.15) is 21.5 Å². The lowest BCUT2D eigenvalue weighted by atomic mass is 10.2. The molecule has 1 amide bonds. The summed E-state index contributed by atoms with van der Waals surface area (Å²) in [6, 6.07) is 17.3. The molecular formula is C20H17FN2O2. The summed E-state index contributed by atoms with van der Waals surface area (Å²) in [5.41, 5.74) is 1.97. The maximum absolute atomic E-state index is 13.5.